The lowest BCUT2D eigenvalue weighted by Crippen LogP contribution is -2.51. The molecule has 0 bridgehead atoms. The zero-order chi connectivity index (χ0) is 13.9. The zero-order valence-corrected chi connectivity index (χ0v) is 12.7. The van der Waals surface area contributed by atoms with Crippen LogP contribution >= 0.6 is 0 Å². The van der Waals surface area contributed by atoms with Crippen molar-refractivity contribution in [3.63, 3.8) is 0 Å². The summed E-state index contributed by atoms with van der Waals surface area (Å²) < 4.78 is 28.9. The van der Waals surface area contributed by atoms with Gasteiger partial charge in [0.15, 0.2) is 0 Å². The third-order valence-corrected chi connectivity index (χ3v) is 6.55. The highest BCUT2D eigenvalue weighted by atomic mass is 32.2. The van der Waals surface area contributed by atoms with Gasteiger partial charge in [0.1, 0.15) is 0 Å². The third kappa shape index (κ3) is 3.48. The summed E-state index contributed by atoms with van der Waals surface area (Å²) in [5.74, 6) is 0.325. The standard InChI is InChI=1S/C13H27N3O2S/c1-12-6-3-2-4-9-16(12)19(17,18)15-8-5-7-13(10-14)11-15/h12-13H,2-11,14H2,1H3. The lowest BCUT2D eigenvalue weighted by atomic mass is 10.0. The van der Waals surface area contributed by atoms with Crippen molar-refractivity contribution in [1.82, 2.24) is 8.61 Å². The molecule has 0 radical (unpaired) electrons. The van der Waals surface area contributed by atoms with E-state index in [0.29, 0.717) is 32.1 Å². The lowest BCUT2D eigenvalue weighted by molar-refractivity contribution is 0.238. The molecule has 2 unspecified atom stereocenters. The van der Waals surface area contributed by atoms with E-state index in [1.807, 2.05) is 6.92 Å². The molecule has 2 rings (SSSR count). The quantitative estimate of drug-likeness (QED) is 0.848. The molecule has 0 aromatic carbocycles. The normalized spacial score (nSPS) is 32.1. The number of rotatable bonds is 3. The summed E-state index contributed by atoms with van der Waals surface area (Å²) >= 11 is 0. The Kier molecular flexibility index (Phi) is 5.22. The van der Waals surface area contributed by atoms with Crippen molar-refractivity contribution in [1.29, 1.82) is 0 Å². The Balaban J connectivity index is 2.11. The van der Waals surface area contributed by atoms with Crippen molar-refractivity contribution in [2.24, 2.45) is 11.7 Å². The first-order valence-electron chi connectivity index (χ1n) is 7.52. The molecule has 2 fully saturated rings. The lowest BCUT2D eigenvalue weighted by Gasteiger charge is -2.36. The number of nitrogens with zero attached hydrogens (tertiary/aromatic N) is 2. The molecule has 0 spiro atoms. The summed E-state index contributed by atoms with van der Waals surface area (Å²) in [6, 6.07) is 0.130. The smallest absolute Gasteiger partial charge is 0.282 e. The molecule has 6 heteroatoms. The van der Waals surface area contributed by atoms with E-state index in [-0.39, 0.29) is 6.04 Å². The second-order valence-corrected chi connectivity index (χ2v) is 7.80. The summed E-state index contributed by atoms with van der Waals surface area (Å²) in [7, 11) is -3.29. The highest BCUT2D eigenvalue weighted by Crippen LogP contribution is 2.25. The van der Waals surface area contributed by atoms with Crippen molar-refractivity contribution in [3.05, 3.63) is 0 Å². The van der Waals surface area contributed by atoms with E-state index >= 15 is 0 Å². The van der Waals surface area contributed by atoms with Crippen LogP contribution in [-0.2, 0) is 10.2 Å². The Morgan fingerprint density at radius 3 is 2.63 bits per heavy atom. The SMILES string of the molecule is CC1CCCCCN1S(=O)(=O)N1CCCC(CN)C1. The highest BCUT2D eigenvalue weighted by Gasteiger charge is 2.35. The second-order valence-electron chi connectivity index (χ2n) is 5.92. The molecular formula is C13H27N3O2S. The maximum Gasteiger partial charge on any atom is 0.282 e. The molecule has 0 aliphatic carbocycles. The predicted octanol–water partition coefficient (Wildman–Crippen LogP) is 1.17. The van der Waals surface area contributed by atoms with Crippen LogP contribution in [0.25, 0.3) is 0 Å². The van der Waals surface area contributed by atoms with Gasteiger partial charge in [-0.05, 0) is 45.1 Å². The fraction of sp³-hybridized carbons (Fsp3) is 1.00. The van der Waals surface area contributed by atoms with Crippen molar-refractivity contribution in [3.8, 4) is 0 Å². The summed E-state index contributed by atoms with van der Waals surface area (Å²) in [6.07, 6.45) is 6.23. The fourth-order valence-electron chi connectivity index (χ4n) is 3.17. The van der Waals surface area contributed by atoms with Gasteiger partial charge in [0.25, 0.3) is 10.2 Å². The molecule has 2 saturated heterocycles. The average molecular weight is 289 g/mol. The summed E-state index contributed by atoms with van der Waals surface area (Å²) in [5.41, 5.74) is 5.70. The maximum absolute atomic E-state index is 12.8. The molecule has 5 nitrogen and oxygen atoms in total. The van der Waals surface area contributed by atoms with Crippen LogP contribution in [0.2, 0.25) is 0 Å². The zero-order valence-electron chi connectivity index (χ0n) is 11.9. The Morgan fingerprint density at radius 2 is 1.89 bits per heavy atom. The van der Waals surface area contributed by atoms with E-state index < -0.39 is 10.2 Å². The van der Waals surface area contributed by atoms with Gasteiger partial charge in [-0.1, -0.05) is 12.8 Å². The molecule has 112 valence electrons. The van der Waals surface area contributed by atoms with Crippen LogP contribution in [0.1, 0.15) is 45.4 Å². The van der Waals surface area contributed by atoms with Crippen LogP contribution in [0.4, 0.5) is 0 Å². The molecule has 2 aliphatic rings. The van der Waals surface area contributed by atoms with Crippen molar-refractivity contribution in [2.75, 3.05) is 26.2 Å². The predicted molar refractivity (Wildman–Crippen MR) is 76.9 cm³/mol. The number of nitrogens with two attached hydrogens (primary N) is 1. The molecule has 2 aliphatic heterocycles. The minimum atomic E-state index is -3.29. The Morgan fingerprint density at radius 1 is 1.11 bits per heavy atom. The van der Waals surface area contributed by atoms with E-state index in [0.717, 1.165) is 38.5 Å². The van der Waals surface area contributed by atoms with E-state index in [1.54, 1.807) is 8.61 Å². The van der Waals surface area contributed by atoms with Gasteiger partial charge in [-0.15, -0.1) is 0 Å². The number of piperidine rings is 1. The molecule has 19 heavy (non-hydrogen) atoms. The van der Waals surface area contributed by atoms with Crippen LogP contribution in [0.15, 0.2) is 0 Å². The average Bonchev–Trinajstić information content (AvgIpc) is 2.64. The van der Waals surface area contributed by atoms with Gasteiger partial charge in [-0.2, -0.15) is 17.0 Å². The topological polar surface area (TPSA) is 66.6 Å². The Labute approximate surface area is 117 Å². The first-order chi connectivity index (χ1) is 9.05. The highest BCUT2D eigenvalue weighted by molar-refractivity contribution is 7.86. The molecule has 0 aromatic heterocycles. The van der Waals surface area contributed by atoms with Crippen LogP contribution in [0, 0.1) is 5.92 Å². The first-order valence-corrected chi connectivity index (χ1v) is 8.92. The second kappa shape index (κ2) is 6.52. The Hall–Kier alpha value is -0.170. The largest absolute Gasteiger partial charge is 0.330 e. The minimum Gasteiger partial charge on any atom is -0.330 e. The number of hydrogen-bond donors (Lipinski definition) is 1. The molecule has 0 saturated carbocycles. The molecule has 2 atom stereocenters. The van der Waals surface area contributed by atoms with Crippen LogP contribution in [-0.4, -0.2) is 49.2 Å². The molecule has 2 heterocycles. The molecule has 0 aromatic rings. The summed E-state index contributed by atoms with van der Waals surface area (Å²) in [4.78, 5) is 0. The van der Waals surface area contributed by atoms with Crippen molar-refractivity contribution < 1.29 is 8.42 Å². The van der Waals surface area contributed by atoms with Gasteiger partial charge in [0.2, 0.25) is 0 Å². The molecule has 0 amide bonds. The van der Waals surface area contributed by atoms with Gasteiger partial charge in [0.05, 0.1) is 0 Å². The Bertz CT molecular complexity index is 385. The van der Waals surface area contributed by atoms with Gasteiger partial charge < -0.3 is 5.73 Å². The molecular weight excluding hydrogens is 262 g/mol. The van der Waals surface area contributed by atoms with Gasteiger partial charge in [-0.3, -0.25) is 0 Å². The van der Waals surface area contributed by atoms with Crippen LogP contribution in [0.3, 0.4) is 0 Å². The van der Waals surface area contributed by atoms with E-state index in [2.05, 4.69) is 0 Å². The van der Waals surface area contributed by atoms with E-state index in [4.69, 9.17) is 5.73 Å². The third-order valence-electron chi connectivity index (χ3n) is 4.43. The summed E-state index contributed by atoms with van der Waals surface area (Å²) in [5, 5.41) is 0. The summed E-state index contributed by atoms with van der Waals surface area (Å²) in [6.45, 7) is 4.55. The van der Waals surface area contributed by atoms with Crippen LogP contribution < -0.4 is 5.73 Å². The van der Waals surface area contributed by atoms with Crippen molar-refractivity contribution in [2.45, 2.75) is 51.5 Å². The number of hydrogen-bond acceptors (Lipinski definition) is 3. The van der Waals surface area contributed by atoms with E-state index in [9.17, 15) is 8.42 Å². The van der Waals surface area contributed by atoms with E-state index in [1.165, 1.54) is 0 Å². The van der Waals surface area contributed by atoms with Crippen molar-refractivity contribution >= 4 is 10.2 Å². The van der Waals surface area contributed by atoms with Gasteiger partial charge >= 0.3 is 0 Å². The van der Waals surface area contributed by atoms with Gasteiger partial charge in [-0.25, -0.2) is 0 Å². The molecule has 2 N–H and O–H groups in total. The maximum atomic E-state index is 12.8. The fourth-order valence-corrected chi connectivity index (χ4v) is 5.14. The minimum absolute atomic E-state index is 0.130. The van der Waals surface area contributed by atoms with Crippen LogP contribution in [0.5, 0.6) is 0 Å². The van der Waals surface area contributed by atoms with Gasteiger partial charge in [0, 0.05) is 25.7 Å². The monoisotopic (exact) mass is 289 g/mol. The first kappa shape index (κ1) is 15.2.